The first-order chi connectivity index (χ1) is 16.6. The number of carboxylic acid groups (broad SMARTS) is 1. The van der Waals surface area contributed by atoms with Gasteiger partial charge in [0.1, 0.15) is 11.7 Å². The molecule has 0 saturated heterocycles. The van der Waals surface area contributed by atoms with Crippen molar-refractivity contribution in [3.05, 3.63) is 63.6 Å². The van der Waals surface area contributed by atoms with Gasteiger partial charge in [0.25, 0.3) is 0 Å². The molecule has 0 unspecified atom stereocenters. The topological polar surface area (TPSA) is 119 Å². The SMILES string of the molecule is CN(Cc1ccc(C2=NCCN2C(=O)O)cc1)C(=O)CCCNCS(=O)(=O)c1cccc(Cl)c1Cl. The highest BCUT2D eigenvalue weighted by Crippen LogP contribution is 2.29. The van der Waals surface area contributed by atoms with Gasteiger partial charge in [0.05, 0.1) is 28.0 Å². The van der Waals surface area contributed by atoms with Crippen molar-refractivity contribution in [1.29, 1.82) is 0 Å². The van der Waals surface area contributed by atoms with Crippen LogP contribution in [0, 0.1) is 0 Å². The predicted octanol–water partition coefficient (Wildman–Crippen LogP) is 3.49. The molecule has 1 aliphatic rings. The van der Waals surface area contributed by atoms with E-state index in [9.17, 15) is 23.1 Å². The van der Waals surface area contributed by atoms with Crippen LogP contribution in [0.1, 0.15) is 24.0 Å². The van der Waals surface area contributed by atoms with Gasteiger partial charge < -0.3 is 15.3 Å². The van der Waals surface area contributed by atoms with Gasteiger partial charge in [-0.2, -0.15) is 0 Å². The molecule has 2 amide bonds. The van der Waals surface area contributed by atoms with E-state index in [1.54, 1.807) is 24.1 Å². The van der Waals surface area contributed by atoms with Gasteiger partial charge in [-0.15, -0.1) is 0 Å². The molecule has 0 bridgehead atoms. The van der Waals surface area contributed by atoms with Crippen molar-refractivity contribution >= 4 is 50.9 Å². The number of nitrogens with zero attached hydrogens (tertiary/aromatic N) is 3. The Morgan fingerprint density at radius 3 is 2.57 bits per heavy atom. The molecule has 1 aliphatic heterocycles. The lowest BCUT2D eigenvalue weighted by Crippen LogP contribution is -2.33. The monoisotopic (exact) mass is 540 g/mol. The number of halogens is 2. The zero-order chi connectivity index (χ0) is 25.6. The molecule has 12 heteroatoms. The van der Waals surface area contributed by atoms with Gasteiger partial charge in [0.2, 0.25) is 5.91 Å². The summed E-state index contributed by atoms with van der Waals surface area (Å²) >= 11 is 11.9. The zero-order valence-electron chi connectivity index (χ0n) is 19.1. The van der Waals surface area contributed by atoms with E-state index in [2.05, 4.69) is 10.3 Å². The number of rotatable bonds is 10. The van der Waals surface area contributed by atoms with E-state index in [1.165, 1.54) is 23.1 Å². The highest BCUT2D eigenvalue weighted by molar-refractivity contribution is 7.91. The molecule has 0 radical (unpaired) electrons. The summed E-state index contributed by atoms with van der Waals surface area (Å²) in [5.41, 5.74) is 1.61. The Kier molecular flexibility index (Phi) is 9.12. The molecule has 2 aromatic rings. The summed E-state index contributed by atoms with van der Waals surface area (Å²) < 4.78 is 24.9. The molecule has 3 rings (SSSR count). The average Bonchev–Trinajstić information content (AvgIpc) is 3.31. The van der Waals surface area contributed by atoms with E-state index in [4.69, 9.17) is 23.2 Å². The maximum atomic E-state index is 12.5. The number of carbonyl (C=O) groups excluding carboxylic acids is 1. The molecule has 35 heavy (non-hydrogen) atoms. The van der Waals surface area contributed by atoms with Gasteiger partial charge in [-0.1, -0.05) is 53.5 Å². The first kappa shape index (κ1) is 26.9. The van der Waals surface area contributed by atoms with Gasteiger partial charge in [-0.3, -0.25) is 14.7 Å². The highest BCUT2D eigenvalue weighted by Gasteiger charge is 2.24. The molecule has 2 N–H and O–H groups in total. The van der Waals surface area contributed by atoms with Crippen molar-refractivity contribution in [1.82, 2.24) is 15.1 Å². The minimum absolute atomic E-state index is 0.00348. The Bertz CT molecular complexity index is 1220. The van der Waals surface area contributed by atoms with Crippen molar-refractivity contribution in [2.75, 3.05) is 32.6 Å². The molecule has 1 heterocycles. The summed E-state index contributed by atoms with van der Waals surface area (Å²) in [6.45, 7) is 1.52. The van der Waals surface area contributed by atoms with Crippen LogP contribution in [-0.2, 0) is 21.2 Å². The zero-order valence-corrected chi connectivity index (χ0v) is 21.4. The molecular formula is C23H26Cl2N4O5S. The number of sulfone groups is 1. The van der Waals surface area contributed by atoms with Crippen LogP contribution in [0.15, 0.2) is 52.4 Å². The Labute approximate surface area is 214 Å². The van der Waals surface area contributed by atoms with Crippen LogP contribution >= 0.6 is 23.2 Å². The molecule has 0 saturated carbocycles. The van der Waals surface area contributed by atoms with Gasteiger partial charge in [-0.25, -0.2) is 13.2 Å². The van der Waals surface area contributed by atoms with Crippen LogP contribution in [0.3, 0.4) is 0 Å². The molecule has 9 nitrogen and oxygen atoms in total. The van der Waals surface area contributed by atoms with Crippen molar-refractivity contribution in [3.63, 3.8) is 0 Å². The number of hydrogen-bond donors (Lipinski definition) is 2. The van der Waals surface area contributed by atoms with E-state index in [-0.39, 0.29) is 33.1 Å². The van der Waals surface area contributed by atoms with Crippen molar-refractivity contribution in [3.8, 4) is 0 Å². The number of aliphatic imine (C=N–C) groups is 1. The Balaban J connectivity index is 1.43. The first-order valence-electron chi connectivity index (χ1n) is 10.9. The molecule has 0 aliphatic carbocycles. The molecule has 0 atom stereocenters. The molecule has 188 valence electrons. The maximum Gasteiger partial charge on any atom is 0.413 e. The largest absolute Gasteiger partial charge is 0.465 e. The standard InChI is InChI=1S/C23H26Cl2N4O5S/c1-28(14-16-7-9-17(10-8-16)22-27-12-13-29(22)23(31)32)20(30)6-3-11-26-15-35(33,34)19-5-2-4-18(24)21(19)25/h2,4-5,7-10,26H,3,6,11-15H2,1H3,(H,31,32). The fourth-order valence-corrected chi connectivity index (χ4v) is 5.51. The van der Waals surface area contributed by atoms with Crippen LogP contribution in [-0.4, -0.2) is 73.7 Å². The van der Waals surface area contributed by atoms with Crippen LogP contribution in [0.5, 0.6) is 0 Å². The highest BCUT2D eigenvalue weighted by atomic mass is 35.5. The number of nitrogens with one attached hydrogen (secondary N) is 1. The molecule has 0 spiro atoms. The van der Waals surface area contributed by atoms with E-state index < -0.39 is 15.9 Å². The lowest BCUT2D eigenvalue weighted by molar-refractivity contribution is -0.130. The summed E-state index contributed by atoms with van der Waals surface area (Å²) in [6, 6.07) is 11.7. The third kappa shape index (κ3) is 6.94. The average molecular weight is 541 g/mol. The quantitative estimate of drug-likeness (QED) is 0.445. The van der Waals surface area contributed by atoms with E-state index in [0.717, 1.165) is 5.56 Å². The van der Waals surface area contributed by atoms with Crippen molar-refractivity contribution < 1.29 is 23.1 Å². The van der Waals surface area contributed by atoms with Crippen molar-refractivity contribution in [2.24, 2.45) is 4.99 Å². The lowest BCUT2D eigenvalue weighted by atomic mass is 10.1. The molecule has 2 aromatic carbocycles. The van der Waals surface area contributed by atoms with Crippen molar-refractivity contribution in [2.45, 2.75) is 24.3 Å². The Morgan fingerprint density at radius 2 is 1.89 bits per heavy atom. The van der Waals surface area contributed by atoms with Crippen LogP contribution in [0.2, 0.25) is 10.0 Å². The summed E-state index contributed by atoms with van der Waals surface area (Å²) in [6.07, 6.45) is -0.314. The molecule has 0 aromatic heterocycles. The third-order valence-corrected chi connectivity index (χ3v) is 7.94. The Hall–Kier alpha value is -2.66. The Morgan fingerprint density at radius 1 is 1.17 bits per heavy atom. The van der Waals surface area contributed by atoms with Gasteiger partial charge in [-0.05, 0) is 30.7 Å². The van der Waals surface area contributed by atoms with Crippen LogP contribution in [0.25, 0.3) is 0 Å². The van der Waals surface area contributed by atoms with Gasteiger partial charge in [0, 0.05) is 25.6 Å². The normalized spacial score (nSPS) is 13.6. The van der Waals surface area contributed by atoms with E-state index in [0.29, 0.717) is 44.0 Å². The van der Waals surface area contributed by atoms with Crippen LogP contribution in [0.4, 0.5) is 4.79 Å². The fourth-order valence-electron chi connectivity index (χ4n) is 3.57. The van der Waals surface area contributed by atoms with E-state index in [1.807, 2.05) is 12.1 Å². The second kappa shape index (κ2) is 11.9. The number of benzene rings is 2. The van der Waals surface area contributed by atoms with Crippen LogP contribution < -0.4 is 5.32 Å². The smallest absolute Gasteiger partial charge is 0.413 e. The minimum Gasteiger partial charge on any atom is -0.465 e. The minimum atomic E-state index is -3.66. The first-order valence-corrected chi connectivity index (χ1v) is 13.3. The summed E-state index contributed by atoms with van der Waals surface area (Å²) in [5.74, 6) is 0.0445. The lowest BCUT2D eigenvalue weighted by Gasteiger charge is -2.18. The molecule has 0 fully saturated rings. The second-order valence-electron chi connectivity index (χ2n) is 8.00. The second-order valence-corrected chi connectivity index (χ2v) is 10.7. The fraction of sp³-hybridized carbons (Fsp3) is 0.348. The number of amides is 2. The third-order valence-electron chi connectivity index (χ3n) is 5.42. The van der Waals surface area contributed by atoms with Gasteiger partial charge >= 0.3 is 6.09 Å². The summed E-state index contributed by atoms with van der Waals surface area (Å²) in [7, 11) is -1.96. The number of amidine groups is 1. The molecular weight excluding hydrogens is 515 g/mol. The number of carbonyl (C=O) groups is 2. The number of hydrogen-bond acceptors (Lipinski definition) is 6. The predicted molar refractivity (Wildman–Crippen MR) is 135 cm³/mol. The maximum absolute atomic E-state index is 12.5. The summed E-state index contributed by atoms with van der Waals surface area (Å²) in [4.78, 5) is 30.8. The van der Waals surface area contributed by atoms with Gasteiger partial charge in [0.15, 0.2) is 9.84 Å². The van der Waals surface area contributed by atoms with E-state index >= 15 is 0 Å². The summed E-state index contributed by atoms with van der Waals surface area (Å²) in [5, 5.41) is 12.3.